The molecule has 5 heteroatoms. The third kappa shape index (κ3) is 3.83. The molecular formula is C22H26N2O3. The molecule has 1 heterocycles. The molecule has 142 valence electrons. The molecule has 0 fully saturated rings. The number of carbonyl (C=O) groups is 1. The second-order valence-corrected chi connectivity index (χ2v) is 6.60. The fraction of sp³-hybridized carbons (Fsp3) is 0.318. The molecule has 0 aliphatic heterocycles. The summed E-state index contributed by atoms with van der Waals surface area (Å²) in [6.07, 6.45) is 1.04. The van der Waals surface area contributed by atoms with Gasteiger partial charge in [-0.05, 0) is 31.1 Å². The van der Waals surface area contributed by atoms with Gasteiger partial charge in [-0.1, -0.05) is 44.2 Å². The molecule has 0 spiro atoms. The lowest BCUT2D eigenvalue weighted by Gasteiger charge is -2.20. The molecule has 0 aliphatic carbocycles. The van der Waals surface area contributed by atoms with Crippen LogP contribution in [0.2, 0.25) is 0 Å². The molecule has 0 unspecified atom stereocenters. The number of nitrogens with zero attached hydrogens (tertiary/aromatic N) is 1. The number of hydrogen-bond donors (Lipinski definition) is 2. The van der Waals surface area contributed by atoms with Gasteiger partial charge in [-0.3, -0.25) is 9.69 Å². The number of aromatic hydroxyl groups is 1. The number of fused-ring (bicyclic) bond motifs is 1. The van der Waals surface area contributed by atoms with Gasteiger partial charge < -0.3 is 14.8 Å². The maximum absolute atomic E-state index is 12.8. The fourth-order valence-corrected chi connectivity index (χ4v) is 3.46. The monoisotopic (exact) mass is 366 g/mol. The van der Waals surface area contributed by atoms with E-state index >= 15 is 0 Å². The van der Waals surface area contributed by atoms with Gasteiger partial charge >= 0.3 is 0 Å². The minimum atomic E-state index is -0.196. The zero-order chi connectivity index (χ0) is 19.4. The highest BCUT2D eigenvalue weighted by molar-refractivity contribution is 6.12. The van der Waals surface area contributed by atoms with Crippen molar-refractivity contribution < 1.29 is 14.3 Å². The molecule has 0 aliphatic rings. The summed E-state index contributed by atoms with van der Waals surface area (Å²) in [5, 5.41) is 13.7. The lowest BCUT2D eigenvalue weighted by atomic mass is 10.0. The van der Waals surface area contributed by atoms with Crippen molar-refractivity contribution in [2.75, 3.05) is 20.1 Å². The third-order valence-corrected chi connectivity index (χ3v) is 4.73. The topological polar surface area (TPSA) is 65.7 Å². The Morgan fingerprint density at radius 2 is 1.93 bits per heavy atom. The summed E-state index contributed by atoms with van der Waals surface area (Å²) in [5.74, 6) is 0.468. The van der Waals surface area contributed by atoms with Crippen LogP contribution >= 0.6 is 0 Å². The number of furan rings is 1. The van der Waals surface area contributed by atoms with Crippen LogP contribution in [-0.4, -0.2) is 36.1 Å². The van der Waals surface area contributed by atoms with E-state index in [4.69, 9.17) is 4.42 Å². The van der Waals surface area contributed by atoms with Crippen LogP contribution < -0.4 is 5.32 Å². The summed E-state index contributed by atoms with van der Waals surface area (Å²) in [4.78, 5) is 15.0. The first-order valence-electron chi connectivity index (χ1n) is 9.37. The maximum Gasteiger partial charge on any atom is 0.255 e. The summed E-state index contributed by atoms with van der Waals surface area (Å²) in [6.45, 7) is 6.74. The van der Waals surface area contributed by atoms with E-state index in [2.05, 4.69) is 24.1 Å². The highest BCUT2D eigenvalue weighted by Crippen LogP contribution is 2.38. The van der Waals surface area contributed by atoms with Gasteiger partial charge in [0.05, 0.1) is 5.56 Å². The molecule has 0 saturated carbocycles. The van der Waals surface area contributed by atoms with Gasteiger partial charge in [-0.2, -0.15) is 0 Å². The zero-order valence-corrected chi connectivity index (χ0v) is 16.1. The summed E-state index contributed by atoms with van der Waals surface area (Å²) < 4.78 is 6.07. The number of nitrogens with one attached hydrogen (secondary N) is 1. The first kappa shape index (κ1) is 19.0. The van der Waals surface area contributed by atoms with E-state index in [1.54, 1.807) is 19.2 Å². The number of amides is 1. The Morgan fingerprint density at radius 3 is 2.56 bits per heavy atom. The lowest BCUT2D eigenvalue weighted by Crippen LogP contribution is -2.24. The molecule has 0 atom stereocenters. The van der Waals surface area contributed by atoms with E-state index in [1.165, 1.54) is 0 Å². The highest BCUT2D eigenvalue weighted by atomic mass is 16.3. The van der Waals surface area contributed by atoms with Crippen molar-refractivity contribution in [1.29, 1.82) is 0 Å². The zero-order valence-electron chi connectivity index (χ0n) is 16.1. The van der Waals surface area contributed by atoms with Crippen molar-refractivity contribution in [2.24, 2.45) is 0 Å². The maximum atomic E-state index is 12.8. The van der Waals surface area contributed by atoms with E-state index < -0.39 is 0 Å². The van der Waals surface area contributed by atoms with Gasteiger partial charge in [0, 0.05) is 30.6 Å². The summed E-state index contributed by atoms with van der Waals surface area (Å²) in [5.41, 5.74) is 2.76. The molecular weight excluding hydrogens is 340 g/mol. The van der Waals surface area contributed by atoms with Crippen molar-refractivity contribution >= 4 is 16.9 Å². The van der Waals surface area contributed by atoms with E-state index in [0.717, 1.165) is 36.0 Å². The fourth-order valence-electron chi connectivity index (χ4n) is 3.46. The Hall–Kier alpha value is -2.79. The molecule has 0 saturated heterocycles. The minimum Gasteiger partial charge on any atom is -0.508 e. The Morgan fingerprint density at radius 1 is 1.19 bits per heavy atom. The van der Waals surface area contributed by atoms with E-state index in [0.29, 0.717) is 23.5 Å². The number of phenolic OH excluding ortho intramolecular Hbond substituents is 1. The predicted octanol–water partition coefficient (Wildman–Crippen LogP) is 4.40. The van der Waals surface area contributed by atoms with Crippen LogP contribution in [0.25, 0.3) is 22.3 Å². The van der Waals surface area contributed by atoms with Crippen molar-refractivity contribution in [3.63, 3.8) is 0 Å². The number of benzene rings is 2. The molecule has 2 aromatic carbocycles. The largest absolute Gasteiger partial charge is 0.508 e. The van der Waals surface area contributed by atoms with E-state index in [1.807, 2.05) is 30.3 Å². The van der Waals surface area contributed by atoms with Crippen LogP contribution in [0.4, 0.5) is 0 Å². The van der Waals surface area contributed by atoms with Gasteiger partial charge in [-0.15, -0.1) is 0 Å². The quantitative estimate of drug-likeness (QED) is 0.651. The van der Waals surface area contributed by atoms with Crippen LogP contribution in [0.15, 0.2) is 46.9 Å². The SMILES string of the molecule is CCCN(CC)Cc1cc(O)cc2oc(-c3ccccc3)c(C(=O)NC)c12. The van der Waals surface area contributed by atoms with Crippen molar-refractivity contribution in [1.82, 2.24) is 10.2 Å². The molecule has 1 aromatic heterocycles. The molecule has 2 N–H and O–H groups in total. The second-order valence-electron chi connectivity index (χ2n) is 6.60. The van der Waals surface area contributed by atoms with Crippen molar-refractivity contribution in [3.05, 3.63) is 53.6 Å². The average molecular weight is 366 g/mol. The molecule has 0 bridgehead atoms. The van der Waals surface area contributed by atoms with Crippen LogP contribution in [0, 0.1) is 0 Å². The van der Waals surface area contributed by atoms with Gasteiger partial charge in [0.15, 0.2) is 0 Å². The predicted molar refractivity (Wildman–Crippen MR) is 108 cm³/mol. The third-order valence-electron chi connectivity index (χ3n) is 4.73. The molecule has 3 rings (SSSR count). The van der Waals surface area contributed by atoms with Crippen LogP contribution in [0.5, 0.6) is 5.75 Å². The molecule has 1 amide bonds. The molecule has 5 nitrogen and oxygen atoms in total. The lowest BCUT2D eigenvalue weighted by molar-refractivity contribution is 0.0964. The Labute approximate surface area is 159 Å². The number of rotatable bonds is 7. The number of carbonyl (C=O) groups excluding carboxylic acids is 1. The minimum absolute atomic E-state index is 0.141. The molecule has 27 heavy (non-hydrogen) atoms. The van der Waals surface area contributed by atoms with E-state index in [-0.39, 0.29) is 11.7 Å². The smallest absolute Gasteiger partial charge is 0.255 e. The van der Waals surface area contributed by atoms with Crippen LogP contribution in [-0.2, 0) is 6.54 Å². The van der Waals surface area contributed by atoms with Gasteiger partial charge in [0.2, 0.25) is 0 Å². The first-order valence-corrected chi connectivity index (χ1v) is 9.37. The summed E-state index contributed by atoms with van der Waals surface area (Å²) >= 11 is 0. The normalized spacial score (nSPS) is 11.3. The Kier molecular flexibility index (Phi) is 5.81. The summed E-state index contributed by atoms with van der Waals surface area (Å²) in [7, 11) is 1.62. The van der Waals surface area contributed by atoms with E-state index in [9.17, 15) is 9.90 Å². The van der Waals surface area contributed by atoms with Crippen molar-refractivity contribution in [2.45, 2.75) is 26.8 Å². The van der Waals surface area contributed by atoms with Gasteiger partial charge in [0.25, 0.3) is 5.91 Å². The van der Waals surface area contributed by atoms with Crippen LogP contribution in [0.3, 0.4) is 0 Å². The van der Waals surface area contributed by atoms with Crippen LogP contribution in [0.1, 0.15) is 36.2 Å². The molecule has 0 radical (unpaired) electrons. The van der Waals surface area contributed by atoms with Crippen molar-refractivity contribution in [3.8, 4) is 17.1 Å². The Bertz CT molecular complexity index is 932. The second kappa shape index (κ2) is 8.27. The highest BCUT2D eigenvalue weighted by Gasteiger charge is 2.24. The first-order chi connectivity index (χ1) is 13.1. The summed E-state index contributed by atoms with van der Waals surface area (Å²) in [6, 6.07) is 12.9. The average Bonchev–Trinajstić information content (AvgIpc) is 3.07. The number of phenols is 1. The number of hydrogen-bond acceptors (Lipinski definition) is 4. The van der Waals surface area contributed by atoms with Gasteiger partial charge in [0.1, 0.15) is 17.1 Å². The standard InChI is InChI=1S/C22H26N2O3/c1-4-11-24(5-2)14-16-12-17(25)13-18-19(16)20(22(26)23-3)21(27-18)15-9-7-6-8-10-15/h6-10,12-13,25H,4-5,11,14H2,1-3H3,(H,23,26). The van der Waals surface area contributed by atoms with Gasteiger partial charge in [-0.25, -0.2) is 0 Å². The Balaban J connectivity index is 2.24. The molecule has 3 aromatic rings.